The fraction of sp³-hybridized carbons (Fsp3) is 0.348. The lowest BCUT2D eigenvalue weighted by Gasteiger charge is -2.41. The number of carbonyl (C=O) groups excluding carboxylic acids is 3. The number of nitrogens with two attached hydrogens (primary N) is 2. The van der Waals surface area contributed by atoms with Crippen LogP contribution in [0.5, 0.6) is 0 Å². The number of carbonyl (C=O) groups is 3. The zero-order valence-corrected chi connectivity index (χ0v) is 21.1. The van der Waals surface area contributed by atoms with E-state index in [1.165, 1.54) is 0 Å². The van der Waals surface area contributed by atoms with Crippen LogP contribution < -0.4 is 16.8 Å². The molecule has 2 aromatic rings. The zero-order chi connectivity index (χ0) is 23.7. The van der Waals surface area contributed by atoms with E-state index >= 15 is 0 Å². The molecule has 0 radical (unpaired) electrons. The van der Waals surface area contributed by atoms with E-state index in [0.29, 0.717) is 52.7 Å². The van der Waals surface area contributed by atoms with E-state index in [-0.39, 0.29) is 30.2 Å². The number of urea groups is 1. The highest BCUT2D eigenvalue weighted by Gasteiger charge is 2.34. The predicted octanol–water partition coefficient (Wildman–Crippen LogP) is 3.73. The molecule has 0 aromatic heterocycles. The van der Waals surface area contributed by atoms with Crippen LogP contribution in [0.3, 0.4) is 0 Å². The molecule has 10 heteroatoms. The van der Waals surface area contributed by atoms with Gasteiger partial charge in [0.05, 0.1) is 11.7 Å². The maximum absolute atomic E-state index is 12.9. The highest BCUT2D eigenvalue weighted by atomic mass is 79.9. The van der Waals surface area contributed by atoms with Gasteiger partial charge in [0, 0.05) is 52.3 Å². The van der Waals surface area contributed by atoms with Gasteiger partial charge < -0.3 is 26.6 Å². The van der Waals surface area contributed by atoms with Crippen molar-refractivity contribution in [3.8, 4) is 0 Å². The van der Waals surface area contributed by atoms with Gasteiger partial charge in [0.15, 0.2) is 5.78 Å². The van der Waals surface area contributed by atoms with Crippen LogP contribution in [0.4, 0.5) is 16.2 Å². The maximum Gasteiger partial charge on any atom is 0.322 e. The maximum atomic E-state index is 12.9. The third kappa shape index (κ3) is 5.07. The van der Waals surface area contributed by atoms with Gasteiger partial charge >= 0.3 is 6.03 Å². The number of para-hydroxylation sites is 1. The van der Waals surface area contributed by atoms with Gasteiger partial charge in [0.25, 0.3) is 0 Å². The molecule has 1 saturated heterocycles. The molecular weight excluding hydrogens is 554 g/mol. The summed E-state index contributed by atoms with van der Waals surface area (Å²) in [6, 6.07) is 10.0. The lowest BCUT2D eigenvalue weighted by molar-refractivity contribution is -0.134. The van der Waals surface area contributed by atoms with E-state index in [1.54, 1.807) is 17.0 Å². The van der Waals surface area contributed by atoms with Gasteiger partial charge in [-0.05, 0) is 68.5 Å². The Balaban J connectivity index is 1.33. The third-order valence-electron chi connectivity index (χ3n) is 6.20. The fourth-order valence-corrected chi connectivity index (χ4v) is 5.49. The van der Waals surface area contributed by atoms with Crippen molar-refractivity contribution in [3.63, 3.8) is 0 Å². The van der Waals surface area contributed by atoms with Gasteiger partial charge in [-0.3, -0.25) is 9.59 Å². The molecule has 174 valence electrons. The minimum absolute atomic E-state index is 0.0461. The molecule has 2 heterocycles. The summed E-state index contributed by atoms with van der Waals surface area (Å²) in [5.41, 5.74) is 14.8. The lowest BCUT2D eigenvalue weighted by atomic mass is 9.99. The molecule has 0 aliphatic carbocycles. The normalized spacial score (nSPS) is 17.4. The third-order valence-corrected chi connectivity index (χ3v) is 7.51. The lowest BCUT2D eigenvalue weighted by Crippen LogP contribution is -2.53. The number of piperidine rings is 1. The van der Waals surface area contributed by atoms with Gasteiger partial charge in [-0.25, -0.2) is 4.79 Å². The predicted molar refractivity (Wildman–Crippen MR) is 134 cm³/mol. The summed E-state index contributed by atoms with van der Waals surface area (Å²) in [7, 11) is 0. The summed E-state index contributed by atoms with van der Waals surface area (Å²) >= 11 is 6.66. The Bertz CT molecular complexity index is 1080. The summed E-state index contributed by atoms with van der Waals surface area (Å²) in [6.07, 6.45) is 1.24. The Hall–Kier alpha value is -2.43. The number of hydrogen-bond donors (Lipinski definition) is 3. The summed E-state index contributed by atoms with van der Waals surface area (Å²) < 4.78 is 1.21. The molecule has 0 spiro atoms. The van der Waals surface area contributed by atoms with Crippen LogP contribution in [0.25, 0.3) is 0 Å². The van der Waals surface area contributed by atoms with E-state index in [0.717, 1.165) is 11.3 Å². The monoisotopic (exact) mass is 577 g/mol. The minimum Gasteiger partial charge on any atom is -0.397 e. The number of fused-ring (bicyclic) bond motifs is 1. The average molecular weight is 579 g/mol. The number of nitrogens with zero attached hydrogens (tertiary/aromatic N) is 2. The van der Waals surface area contributed by atoms with Crippen LogP contribution in [0.2, 0.25) is 0 Å². The highest BCUT2D eigenvalue weighted by Crippen LogP contribution is 2.30. The van der Waals surface area contributed by atoms with Crippen molar-refractivity contribution in [1.29, 1.82) is 0 Å². The molecule has 2 aliphatic rings. The Morgan fingerprint density at radius 2 is 1.76 bits per heavy atom. The number of ketones is 1. The number of amides is 3. The van der Waals surface area contributed by atoms with Crippen molar-refractivity contribution in [3.05, 3.63) is 56.5 Å². The van der Waals surface area contributed by atoms with E-state index in [4.69, 9.17) is 11.5 Å². The van der Waals surface area contributed by atoms with Crippen LogP contribution in [0.15, 0.2) is 45.3 Å². The fourth-order valence-electron chi connectivity index (χ4n) is 4.30. The number of nitrogen functional groups attached to an aromatic ring is 1. The van der Waals surface area contributed by atoms with Gasteiger partial charge in [-0.15, -0.1) is 0 Å². The number of likely N-dealkylation sites (tertiary alicyclic amines) is 1. The van der Waals surface area contributed by atoms with Gasteiger partial charge in [0.1, 0.15) is 0 Å². The second kappa shape index (κ2) is 9.82. The number of nitrogens with one attached hydrogen (secondary N) is 1. The van der Waals surface area contributed by atoms with Gasteiger partial charge in [0.2, 0.25) is 5.91 Å². The molecule has 5 N–H and O–H groups in total. The summed E-state index contributed by atoms with van der Waals surface area (Å²) in [5.74, 6) is -0.473. The standard InChI is InChI=1S/C23H25Br2N5O3/c24-16-9-14(10-17(25)21(16)27)20(31)11-18(26)22(32)29-7-5-15(6-8-29)30-12-13-3-1-2-4-19(13)28-23(30)33/h1-4,9-10,15,18H,5-8,11-12,26-27H2,(H,28,33)/t18-/m1/s1. The molecule has 0 saturated carbocycles. The van der Waals surface area contributed by atoms with Crippen LogP contribution >= 0.6 is 31.9 Å². The van der Waals surface area contributed by atoms with Crippen LogP contribution in [-0.4, -0.2) is 52.7 Å². The van der Waals surface area contributed by atoms with E-state index in [1.807, 2.05) is 29.2 Å². The largest absolute Gasteiger partial charge is 0.397 e. The summed E-state index contributed by atoms with van der Waals surface area (Å²) in [6.45, 7) is 1.55. The van der Waals surface area contributed by atoms with E-state index in [9.17, 15) is 14.4 Å². The molecule has 4 rings (SSSR count). The average Bonchev–Trinajstić information content (AvgIpc) is 2.81. The number of anilines is 2. The van der Waals surface area contributed by atoms with Crippen molar-refractivity contribution >= 4 is 61.0 Å². The zero-order valence-electron chi connectivity index (χ0n) is 17.9. The molecule has 3 amide bonds. The van der Waals surface area contributed by atoms with Crippen LogP contribution in [0.1, 0.15) is 35.2 Å². The van der Waals surface area contributed by atoms with Gasteiger partial charge in [-0.1, -0.05) is 18.2 Å². The SMILES string of the molecule is Nc1c(Br)cc(C(=O)C[C@@H](N)C(=O)N2CCC(N3Cc4ccccc4NC3=O)CC2)cc1Br. The van der Waals surface area contributed by atoms with Crippen LogP contribution in [0, 0.1) is 0 Å². The minimum atomic E-state index is -0.922. The molecule has 33 heavy (non-hydrogen) atoms. The summed E-state index contributed by atoms with van der Waals surface area (Å²) in [4.78, 5) is 41.6. The number of halogens is 2. The van der Waals surface area contributed by atoms with E-state index in [2.05, 4.69) is 37.2 Å². The molecule has 0 bridgehead atoms. The number of benzene rings is 2. The number of Topliss-reactive ketones (excluding diaryl/α,β-unsaturated/α-hetero) is 1. The smallest absolute Gasteiger partial charge is 0.322 e. The first-order valence-corrected chi connectivity index (χ1v) is 12.3. The Morgan fingerprint density at radius 1 is 1.12 bits per heavy atom. The molecule has 1 fully saturated rings. The second-order valence-corrected chi connectivity index (χ2v) is 10.1. The molecule has 1 atom stereocenters. The van der Waals surface area contributed by atoms with Crippen molar-refractivity contribution < 1.29 is 14.4 Å². The van der Waals surface area contributed by atoms with Crippen molar-refractivity contribution in [2.75, 3.05) is 24.1 Å². The van der Waals surface area contributed by atoms with Crippen LogP contribution in [-0.2, 0) is 11.3 Å². The van der Waals surface area contributed by atoms with Crippen molar-refractivity contribution in [1.82, 2.24) is 9.80 Å². The molecule has 8 nitrogen and oxygen atoms in total. The first-order chi connectivity index (χ1) is 15.7. The molecule has 0 unspecified atom stereocenters. The Morgan fingerprint density at radius 3 is 2.42 bits per heavy atom. The Labute approximate surface area is 208 Å². The van der Waals surface area contributed by atoms with Crippen molar-refractivity contribution in [2.45, 2.75) is 37.9 Å². The number of hydrogen-bond acceptors (Lipinski definition) is 5. The van der Waals surface area contributed by atoms with E-state index < -0.39 is 6.04 Å². The molecular formula is C23H25Br2N5O3. The summed E-state index contributed by atoms with van der Waals surface area (Å²) in [5, 5.41) is 2.94. The first kappa shape index (κ1) is 23.7. The van der Waals surface area contributed by atoms with Crippen molar-refractivity contribution in [2.24, 2.45) is 5.73 Å². The quantitative estimate of drug-likeness (QED) is 0.368. The second-order valence-electron chi connectivity index (χ2n) is 8.36. The molecule has 2 aliphatic heterocycles. The Kier molecular flexibility index (Phi) is 7.06. The molecule has 2 aromatic carbocycles. The highest BCUT2D eigenvalue weighted by molar-refractivity contribution is 9.11. The topological polar surface area (TPSA) is 122 Å². The number of rotatable bonds is 5. The first-order valence-electron chi connectivity index (χ1n) is 10.7. The van der Waals surface area contributed by atoms with Gasteiger partial charge in [-0.2, -0.15) is 0 Å².